The van der Waals surface area contributed by atoms with Gasteiger partial charge in [-0.2, -0.15) is 4.72 Å². The highest BCUT2D eigenvalue weighted by Gasteiger charge is 2.22. The van der Waals surface area contributed by atoms with Crippen LogP contribution in [0.4, 0.5) is 10.1 Å². The molecule has 0 aromatic heterocycles. The van der Waals surface area contributed by atoms with E-state index in [9.17, 15) is 17.6 Å². The van der Waals surface area contributed by atoms with E-state index in [-0.39, 0.29) is 10.6 Å². The Balaban J connectivity index is 2.09. The van der Waals surface area contributed by atoms with E-state index in [0.29, 0.717) is 9.50 Å². The minimum Gasteiger partial charge on any atom is -0.322 e. The van der Waals surface area contributed by atoms with Gasteiger partial charge in [0.2, 0.25) is 15.9 Å². The largest absolute Gasteiger partial charge is 0.322 e. The summed E-state index contributed by atoms with van der Waals surface area (Å²) in [5.41, 5.74) is -0.0410. The molecule has 0 aliphatic rings. The minimum atomic E-state index is -3.90. The summed E-state index contributed by atoms with van der Waals surface area (Å²) in [7, 11) is -3.90. The number of carbonyl (C=O) groups is 1. The van der Waals surface area contributed by atoms with Gasteiger partial charge in [-0.05, 0) is 49.4 Å². The summed E-state index contributed by atoms with van der Waals surface area (Å²) in [6, 6.07) is 8.52. The summed E-state index contributed by atoms with van der Waals surface area (Å²) in [5.74, 6) is -1.32. The van der Waals surface area contributed by atoms with Gasteiger partial charge in [0.15, 0.2) is 0 Å². The van der Waals surface area contributed by atoms with Crippen LogP contribution in [-0.2, 0) is 14.8 Å². The third kappa shape index (κ3) is 4.76. The van der Waals surface area contributed by atoms with Gasteiger partial charge in [-0.1, -0.05) is 27.5 Å². The summed E-state index contributed by atoms with van der Waals surface area (Å²) >= 11 is 8.82. The van der Waals surface area contributed by atoms with Crippen LogP contribution < -0.4 is 10.0 Å². The highest BCUT2D eigenvalue weighted by molar-refractivity contribution is 9.10. The van der Waals surface area contributed by atoms with Crippen LogP contribution in [0.1, 0.15) is 6.92 Å². The van der Waals surface area contributed by atoms with E-state index in [0.717, 1.165) is 0 Å². The van der Waals surface area contributed by atoms with E-state index in [2.05, 4.69) is 26.0 Å². The lowest BCUT2D eigenvalue weighted by Gasteiger charge is -2.15. The summed E-state index contributed by atoms with van der Waals surface area (Å²) in [6.07, 6.45) is 0. The fraction of sp³-hybridized carbons (Fsp3) is 0.133. The predicted octanol–water partition coefficient (Wildman–Crippen LogP) is 3.55. The third-order valence-electron chi connectivity index (χ3n) is 3.04. The monoisotopic (exact) mass is 434 g/mol. The molecule has 128 valence electrons. The molecule has 0 radical (unpaired) electrons. The van der Waals surface area contributed by atoms with Crippen molar-refractivity contribution in [2.75, 3.05) is 5.32 Å². The first-order chi connectivity index (χ1) is 11.2. The summed E-state index contributed by atoms with van der Waals surface area (Å²) in [4.78, 5) is 12.0. The molecular formula is C15H13BrClFN2O3S. The van der Waals surface area contributed by atoms with Crippen molar-refractivity contribution in [1.82, 2.24) is 4.72 Å². The van der Waals surface area contributed by atoms with E-state index >= 15 is 0 Å². The average molecular weight is 436 g/mol. The van der Waals surface area contributed by atoms with Crippen molar-refractivity contribution in [2.45, 2.75) is 17.9 Å². The minimum absolute atomic E-state index is 0.0265. The van der Waals surface area contributed by atoms with Gasteiger partial charge in [-0.25, -0.2) is 12.8 Å². The molecule has 0 heterocycles. The Morgan fingerprint density at radius 2 is 1.83 bits per heavy atom. The van der Waals surface area contributed by atoms with Crippen molar-refractivity contribution >= 4 is 49.1 Å². The Morgan fingerprint density at radius 1 is 1.21 bits per heavy atom. The summed E-state index contributed by atoms with van der Waals surface area (Å²) in [5, 5.41) is 2.73. The van der Waals surface area contributed by atoms with Crippen molar-refractivity contribution in [2.24, 2.45) is 0 Å². The number of hydrogen-bond acceptors (Lipinski definition) is 3. The Hall–Kier alpha value is -1.48. The highest BCUT2D eigenvalue weighted by Crippen LogP contribution is 2.20. The molecule has 0 saturated carbocycles. The molecule has 1 amide bonds. The van der Waals surface area contributed by atoms with Gasteiger partial charge in [0.05, 0.1) is 16.6 Å². The molecule has 9 heteroatoms. The second-order valence-electron chi connectivity index (χ2n) is 4.91. The zero-order valence-electron chi connectivity index (χ0n) is 12.4. The molecule has 0 saturated heterocycles. The molecule has 2 rings (SSSR count). The maximum Gasteiger partial charge on any atom is 0.242 e. The van der Waals surface area contributed by atoms with Gasteiger partial charge in [0.25, 0.3) is 0 Å². The van der Waals surface area contributed by atoms with E-state index in [1.54, 1.807) is 6.07 Å². The first-order valence-corrected chi connectivity index (χ1v) is 9.38. The number of benzene rings is 2. The topological polar surface area (TPSA) is 75.3 Å². The van der Waals surface area contributed by atoms with Crippen LogP contribution in [0.5, 0.6) is 0 Å². The van der Waals surface area contributed by atoms with E-state index < -0.39 is 27.8 Å². The number of hydrogen-bond donors (Lipinski definition) is 2. The van der Waals surface area contributed by atoms with Crippen molar-refractivity contribution in [3.63, 3.8) is 0 Å². The van der Waals surface area contributed by atoms with Crippen LogP contribution >= 0.6 is 27.5 Å². The maximum absolute atomic E-state index is 13.7. The van der Waals surface area contributed by atoms with Gasteiger partial charge < -0.3 is 5.32 Å². The summed E-state index contributed by atoms with van der Waals surface area (Å²) in [6.45, 7) is 1.36. The van der Waals surface area contributed by atoms with Crippen molar-refractivity contribution < 1.29 is 17.6 Å². The molecule has 0 fully saturated rings. The number of amides is 1. The molecule has 2 aromatic rings. The van der Waals surface area contributed by atoms with Gasteiger partial charge in [-0.3, -0.25) is 4.79 Å². The van der Waals surface area contributed by atoms with Crippen molar-refractivity contribution in [3.05, 3.63) is 57.8 Å². The van der Waals surface area contributed by atoms with Crippen LogP contribution in [0.15, 0.2) is 51.8 Å². The molecule has 0 spiro atoms. The fourth-order valence-electron chi connectivity index (χ4n) is 1.80. The Kier molecular flexibility index (Phi) is 5.97. The standard InChI is InChI=1S/C15H13BrClFN2O3S/c1-9(15(21)19-14-7-2-10(16)8-13(14)18)20-24(22,23)12-5-3-11(17)4-6-12/h2-9,20H,1H3,(H,19,21)/t9-/m1/s1. The van der Waals surface area contributed by atoms with Gasteiger partial charge in [0, 0.05) is 9.50 Å². The number of rotatable bonds is 5. The molecule has 0 aliphatic carbocycles. The number of anilines is 1. The zero-order chi connectivity index (χ0) is 17.9. The second-order valence-corrected chi connectivity index (χ2v) is 7.98. The average Bonchev–Trinajstić information content (AvgIpc) is 2.50. The molecule has 2 N–H and O–H groups in total. The molecule has 0 aliphatic heterocycles. The first kappa shape index (κ1) is 18.9. The highest BCUT2D eigenvalue weighted by atomic mass is 79.9. The number of sulfonamides is 1. The maximum atomic E-state index is 13.7. The Morgan fingerprint density at radius 3 is 2.42 bits per heavy atom. The number of nitrogens with one attached hydrogen (secondary N) is 2. The normalized spacial score (nSPS) is 12.7. The van der Waals surface area contributed by atoms with Crippen LogP contribution in [0.3, 0.4) is 0 Å². The number of halogens is 3. The Labute approximate surface area is 152 Å². The molecule has 2 aromatic carbocycles. The molecule has 1 atom stereocenters. The first-order valence-electron chi connectivity index (χ1n) is 6.73. The zero-order valence-corrected chi connectivity index (χ0v) is 15.5. The molecule has 24 heavy (non-hydrogen) atoms. The number of carbonyl (C=O) groups excluding carboxylic acids is 1. The summed E-state index contributed by atoms with van der Waals surface area (Å²) < 4.78 is 40.9. The lowest BCUT2D eigenvalue weighted by atomic mass is 10.2. The second kappa shape index (κ2) is 7.60. The lowest BCUT2D eigenvalue weighted by molar-refractivity contribution is -0.117. The van der Waals surface area contributed by atoms with E-state index in [1.807, 2.05) is 0 Å². The molecular weight excluding hydrogens is 423 g/mol. The predicted molar refractivity (Wildman–Crippen MR) is 94.0 cm³/mol. The quantitative estimate of drug-likeness (QED) is 0.754. The van der Waals surface area contributed by atoms with Crippen LogP contribution in [0.2, 0.25) is 5.02 Å². The van der Waals surface area contributed by atoms with Crippen LogP contribution in [0, 0.1) is 5.82 Å². The van der Waals surface area contributed by atoms with Crippen molar-refractivity contribution in [1.29, 1.82) is 0 Å². The van der Waals surface area contributed by atoms with Crippen LogP contribution in [0.25, 0.3) is 0 Å². The fourth-order valence-corrected chi connectivity index (χ4v) is 3.46. The smallest absolute Gasteiger partial charge is 0.242 e. The van der Waals surface area contributed by atoms with Crippen LogP contribution in [-0.4, -0.2) is 20.4 Å². The van der Waals surface area contributed by atoms with Gasteiger partial charge in [0.1, 0.15) is 5.82 Å². The molecule has 5 nitrogen and oxygen atoms in total. The van der Waals surface area contributed by atoms with E-state index in [1.165, 1.54) is 43.3 Å². The molecule has 0 unspecified atom stereocenters. The Bertz CT molecular complexity index is 860. The lowest BCUT2D eigenvalue weighted by Crippen LogP contribution is -2.41. The SMILES string of the molecule is C[C@@H](NS(=O)(=O)c1ccc(Cl)cc1)C(=O)Nc1ccc(Br)cc1F. The van der Waals surface area contributed by atoms with E-state index in [4.69, 9.17) is 11.6 Å². The van der Waals surface area contributed by atoms with Crippen molar-refractivity contribution in [3.8, 4) is 0 Å². The van der Waals surface area contributed by atoms with Gasteiger partial charge in [-0.15, -0.1) is 0 Å². The molecule has 0 bridgehead atoms. The van der Waals surface area contributed by atoms with Gasteiger partial charge >= 0.3 is 0 Å². The third-order valence-corrected chi connectivity index (χ3v) is 5.34.